The molecule has 1 aliphatic rings. The second kappa shape index (κ2) is 6.36. The topological polar surface area (TPSA) is 78.0 Å². The van der Waals surface area contributed by atoms with Gasteiger partial charge in [-0.25, -0.2) is 9.97 Å². The molecule has 0 aromatic carbocycles. The van der Waals surface area contributed by atoms with Crippen LogP contribution in [0, 0.1) is 6.92 Å². The molecule has 1 aliphatic heterocycles. The van der Waals surface area contributed by atoms with Crippen LogP contribution in [0.5, 0.6) is 0 Å². The molecule has 0 saturated carbocycles. The van der Waals surface area contributed by atoms with Crippen LogP contribution in [0.15, 0.2) is 23.4 Å². The summed E-state index contributed by atoms with van der Waals surface area (Å²) in [6.07, 6.45) is 5.41. The molecule has 122 valence electrons. The van der Waals surface area contributed by atoms with Gasteiger partial charge in [0.15, 0.2) is 0 Å². The lowest BCUT2D eigenvalue weighted by Gasteiger charge is -2.32. The fourth-order valence-electron chi connectivity index (χ4n) is 3.04. The molecule has 0 aliphatic carbocycles. The summed E-state index contributed by atoms with van der Waals surface area (Å²) in [4.78, 5) is 31.8. The number of hydrogen-bond acceptors (Lipinski definition) is 6. The van der Waals surface area contributed by atoms with Gasteiger partial charge in [-0.1, -0.05) is 0 Å². The van der Waals surface area contributed by atoms with Gasteiger partial charge in [-0.05, 0) is 19.8 Å². The van der Waals surface area contributed by atoms with Gasteiger partial charge in [-0.3, -0.25) is 4.79 Å². The zero-order valence-corrected chi connectivity index (χ0v) is 13.8. The van der Waals surface area contributed by atoms with Gasteiger partial charge in [0.05, 0.1) is 12.0 Å². The fraction of sp³-hybridized carbons (Fsp3) is 0.500. The van der Waals surface area contributed by atoms with Crippen molar-refractivity contribution in [3.05, 3.63) is 40.2 Å². The lowest BCUT2D eigenvalue weighted by atomic mass is 9.95. The summed E-state index contributed by atoms with van der Waals surface area (Å²) in [5.41, 5.74) is 1.80. The van der Waals surface area contributed by atoms with E-state index in [0.717, 1.165) is 49.0 Å². The summed E-state index contributed by atoms with van der Waals surface area (Å²) < 4.78 is 0. The number of H-pyrrole nitrogens is 1. The Morgan fingerprint density at radius 1 is 1.35 bits per heavy atom. The molecule has 0 unspecified atom stereocenters. The minimum atomic E-state index is -0.103. The predicted molar refractivity (Wildman–Crippen MR) is 90.1 cm³/mol. The molecule has 3 heterocycles. The highest BCUT2D eigenvalue weighted by atomic mass is 16.1. The van der Waals surface area contributed by atoms with Crippen LogP contribution in [-0.2, 0) is 0 Å². The first-order chi connectivity index (χ1) is 11.0. The Hall–Kier alpha value is -2.44. The van der Waals surface area contributed by atoms with Crippen molar-refractivity contribution in [2.75, 3.05) is 37.0 Å². The molecule has 7 nitrogen and oxygen atoms in total. The molecule has 0 spiro atoms. The van der Waals surface area contributed by atoms with Crippen molar-refractivity contribution in [1.29, 1.82) is 0 Å². The summed E-state index contributed by atoms with van der Waals surface area (Å²) in [6, 6.07) is 1.59. The number of aryl methyl sites for hydroxylation is 1. The summed E-state index contributed by atoms with van der Waals surface area (Å²) in [6.45, 7) is 3.72. The third kappa shape index (κ3) is 3.33. The monoisotopic (exact) mass is 314 g/mol. The molecule has 1 N–H and O–H groups in total. The highest BCUT2D eigenvalue weighted by molar-refractivity contribution is 5.48. The van der Waals surface area contributed by atoms with E-state index in [1.54, 1.807) is 6.07 Å². The maximum Gasteiger partial charge on any atom is 0.250 e. The predicted octanol–water partition coefficient (Wildman–Crippen LogP) is 1.32. The van der Waals surface area contributed by atoms with E-state index in [4.69, 9.17) is 4.98 Å². The smallest absolute Gasteiger partial charge is 0.250 e. The second-order valence-electron chi connectivity index (χ2n) is 6.19. The Morgan fingerprint density at radius 3 is 2.91 bits per heavy atom. The van der Waals surface area contributed by atoms with Gasteiger partial charge in [-0.15, -0.1) is 0 Å². The van der Waals surface area contributed by atoms with Crippen LogP contribution >= 0.6 is 0 Å². The number of nitrogens with zero attached hydrogens (tertiary/aromatic N) is 5. The van der Waals surface area contributed by atoms with Crippen LogP contribution in [0.3, 0.4) is 0 Å². The van der Waals surface area contributed by atoms with E-state index in [1.807, 2.05) is 32.1 Å². The van der Waals surface area contributed by atoms with Gasteiger partial charge < -0.3 is 14.8 Å². The molecule has 23 heavy (non-hydrogen) atoms. The van der Waals surface area contributed by atoms with Crippen molar-refractivity contribution in [3.8, 4) is 0 Å². The molecule has 0 amide bonds. The first-order valence-electron chi connectivity index (χ1n) is 7.85. The minimum Gasteiger partial charge on any atom is -0.362 e. The number of rotatable bonds is 3. The van der Waals surface area contributed by atoms with Crippen LogP contribution in [0.1, 0.15) is 30.0 Å². The van der Waals surface area contributed by atoms with Gasteiger partial charge in [0.1, 0.15) is 5.82 Å². The van der Waals surface area contributed by atoms with Crippen LogP contribution < -0.4 is 15.4 Å². The molecule has 0 bridgehead atoms. The first kappa shape index (κ1) is 15.5. The highest BCUT2D eigenvalue weighted by Crippen LogP contribution is 2.27. The molecule has 1 saturated heterocycles. The van der Waals surface area contributed by atoms with E-state index in [1.165, 1.54) is 6.33 Å². The first-order valence-corrected chi connectivity index (χ1v) is 7.85. The summed E-state index contributed by atoms with van der Waals surface area (Å²) in [5.74, 6) is 1.92. The zero-order valence-electron chi connectivity index (χ0n) is 13.8. The van der Waals surface area contributed by atoms with Crippen molar-refractivity contribution in [2.24, 2.45) is 0 Å². The van der Waals surface area contributed by atoms with E-state index >= 15 is 0 Å². The minimum absolute atomic E-state index is 0.103. The molecule has 0 radical (unpaired) electrons. The number of hydrogen-bond donors (Lipinski definition) is 1. The van der Waals surface area contributed by atoms with Crippen LogP contribution in [0.25, 0.3) is 0 Å². The lowest BCUT2D eigenvalue weighted by molar-refractivity contribution is 0.494. The van der Waals surface area contributed by atoms with Crippen molar-refractivity contribution >= 4 is 11.8 Å². The number of aromatic nitrogens is 4. The van der Waals surface area contributed by atoms with E-state index < -0.39 is 0 Å². The van der Waals surface area contributed by atoms with E-state index in [0.29, 0.717) is 0 Å². The third-order valence-electron chi connectivity index (χ3n) is 4.18. The SMILES string of the molecule is Cc1cnc(N2CCC[C@H](c3cc(=O)[nH]cn3)C2)nc1N(C)C. The van der Waals surface area contributed by atoms with Crippen LogP contribution in [0.4, 0.5) is 11.8 Å². The van der Waals surface area contributed by atoms with E-state index in [9.17, 15) is 4.79 Å². The lowest BCUT2D eigenvalue weighted by Crippen LogP contribution is -2.36. The Kier molecular flexibility index (Phi) is 4.27. The zero-order chi connectivity index (χ0) is 16.4. The second-order valence-corrected chi connectivity index (χ2v) is 6.19. The van der Waals surface area contributed by atoms with E-state index in [-0.39, 0.29) is 11.5 Å². The number of anilines is 2. The third-order valence-corrected chi connectivity index (χ3v) is 4.18. The Morgan fingerprint density at radius 2 is 2.17 bits per heavy atom. The number of piperidine rings is 1. The van der Waals surface area contributed by atoms with Crippen molar-refractivity contribution < 1.29 is 0 Å². The standard InChI is InChI=1S/C16H22N6O/c1-11-8-17-16(20-15(11)21(2)3)22-6-4-5-12(9-22)13-7-14(23)19-10-18-13/h7-8,10,12H,4-6,9H2,1-3H3,(H,18,19,23)/t12-/m0/s1. The number of aromatic amines is 1. The highest BCUT2D eigenvalue weighted by Gasteiger charge is 2.24. The van der Waals surface area contributed by atoms with Crippen molar-refractivity contribution in [3.63, 3.8) is 0 Å². The van der Waals surface area contributed by atoms with Gasteiger partial charge >= 0.3 is 0 Å². The summed E-state index contributed by atoms with van der Waals surface area (Å²) in [7, 11) is 3.97. The Labute approximate surface area is 135 Å². The quantitative estimate of drug-likeness (QED) is 0.920. The Balaban J connectivity index is 1.84. The molecule has 7 heteroatoms. The summed E-state index contributed by atoms with van der Waals surface area (Å²) in [5, 5.41) is 0. The molecule has 1 atom stereocenters. The normalized spacial score (nSPS) is 18.0. The fourth-order valence-corrected chi connectivity index (χ4v) is 3.04. The van der Waals surface area contributed by atoms with Gasteiger partial charge in [-0.2, -0.15) is 4.98 Å². The molecule has 1 fully saturated rings. The van der Waals surface area contributed by atoms with Crippen LogP contribution in [0.2, 0.25) is 0 Å². The van der Waals surface area contributed by atoms with E-state index in [2.05, 4.69) is 19.9 Å². The average Bonchev–Trinajstić information content (AvgIpc) is 2.55. The molecular formula is C16H22N6O. The van der Waals surface area contributed by atoms with Crippen molar-refractivity contribution in [2.45, 2.75) is 25.7 Å². The number of nitrogens with one attached hydrogen (secondary N) is 1. The van der Waals surface area contributed by atoms with Crippen molar-refractivity contribution in [1.82, 2.24) is 19.9 Å². The largest absolute Gasteiger partial charge is 0.362 e. The Bertz CT molecular complexity index is 741. The maximum atomic E-state index is 11.5. The molecular weight excluding hydrogens is 292 g/mol. The van der Waals surface area contributed by atoms with Crippen LogP contribution in [-0.4, -0.2) is 47.1 Å². The van der Waals surface area contributed by atoms with Gasteiger partial charge in [0.2, 0.25) is 5.95 Å². The summed E-state index contributed by atoms with van der Waals surface area (Å²) >= 11 is 0. The molecule has 2 aromatic rings. The molecule has 2 aromatic heterocycles. The maximum absolute atomic E-state index is 11.5. The van der Waals surface area contributed by atoms with Gasteiger partial charge in [0.25, 0.3) is 5.56 Å². The average molecular weight is 314 g/mol. The van der Waals surface area contributed by atoms with Gasteiger partial charge in [0, 0.05) is 50.9 Å². The molecule has 3 rings (SSSR count).